The summed E-state index contributed by atoms with van der Waals surface area (Å²) < 4.78 is 4.97. The number of amides is 2. The molecule has 1 heterocycles. The zero-order valence-electron chi connectivity index (χ0n) is 12.9. The molecule has 0 aromatic heterocycles. The van der Waals surface area contributed by atoms with Gasteiger partial charge in [-0.15, -0.1) is 0 Å². The number of carbonyl (C=O) groups is 2. The van der Waals surface area contributed by atoms with Crippen molar-refractivity contribution in [3.05, 3.63) is 29.8 Å². The zero-order valence-corrected chi connectivity index (χ0v) is 12.9. The monoisotopic (exact) mass is 304 g/mol. The van der Waals surface area contributed by atoms with Crippen molar-refractivity contribution >= 4 is 23.3 Å². The molecule has 22 heavy (non-hydrogen) atoms. The van der Waals surface area contributed by atoms with Crippen LogP contribution in [0.1, 0.15) is 12.5 Å². The lowest BCUT2D eigenvalue weighted by molar-refractivity contribution is -0.118. The number of nitrogens with one attached hydrogen (secondary N) is 2. The van der Waals surface area contributed by atoms with Crippen LogP contribution < -0.4 is 15.8 Å². The Hall–Kier alpha value is -2.41. The maximum absolute atomic E-state index is 12.1. The molecule has 7 nitrogen and oxygen atoms in total. The molecule has 0 fully saturated rings. The van der Waals surface area contributed by atoms with Crippen LogP contribution in [0.4, 0.5) is 5.69 Å². The van der Waals surface area contributed by atoms with Crippen LogP contribution in [0, 0.1) is 6.92 Å². The van der Waals surface area contributed by atoms with E-state index in [-0.39, 0.29) is 30.2 Å². The summed E-state index contributed by atoms with van der Waals surface area (Å²) in [4.78, 5) is 28.1. The first-order chi connectivity index (χ1) is 10.5. The normalized spacial score (nSPS) is 15.9. The Balaban J connectivity index is 2.08. The highest BCUT2D eigenvalue weighted by Gasteiger charge is 2.26. The van der Waals surface area contributed by atoms with Crippen molar-refractivity contribution in [1.29, 1.82) is 0 Å². The summed E-state index contributed by atoms with van der Waals surface area (Å²) in [6, 6.07) is 7.28. The third-order valence-corrected chi connectivity index (χ3v) is 3.14. The number of ether oxygens (including phenoxy) is 1. The van der Waals surface area contributed by atoms with Crippen molar-refractivity contribution in [2.45, 2.75) is 19.9 Å². The molecule has 2 N–H and O–H groups in total. The van der Waals surface area contributed by atoms with Crippen molar-refractivity contribution < 1.29 is 14.3 Å². The van der Waals surface area contributed by atoms with E-state index in [1.54, 1.807) is 7.11 Å². The van der Waals surface area contributed by atoms with Crippen LogP contribution in [0.5, 0.6) is 0 Å². The minimum atomic E-state index is -0.367. The summed E-state index contributed by atoms with van der Waals surface area (Å²) in [5.74, 6) is -0.470. The van der Waals surface area contributed by atoms with E-state index in [9.17, 15) is 9.59 Å². The van der Waals surface area contributed by atoms with Crippen molar-refractivity contribution in [2.24, 2.45) is 4.99 Å². The average Bonchev–Trinajstić information content (AvgIpc) is 2.49. The van der Waals surface area contributed by atoms with Gasteiger partial charge in [-0.3, -0.25) is 20.0 Å². The summed E-state index contributed by atoms with van der Waals surface area (Å²) in [6.45, 7) is 4.13. The number of amidine groups is 1. The number of aliphatic imine (C=N–C) groups is 1. The van der Waals surface area contributed by atoms with Crippen molar-refractivity contribution in [2.75, 3.05) is 25.3 Å². The van der Waals surface area contributed by atoms with Gasteiger partial charge in [0.25, 0.3) is 11.8 Å². The van der Waals surface area contributed by atoms with Crippen LogP contribution in [-0.4, -0.2) is 44.0 Å². The molecule has 0 unspecified atom stereocenters. The first-order valence-corrected chi connectivity index (χ1v) is 7.02. The molecular weight excluding hydrogens is 284 g/mol. The van der Waals surface area contributed by atoms with E-state index in [0.29, 0.717) is 12.3 Å². The van der Waals surface area contributed by atoms with Crippen molar-refractivity contribution in [3.8, 4) is 0 Å². The summed E-state index contributed by atoms with van der Waals surface area (Å²) >= 11 is 0. The molecule has 0 saturated carbocycles. The molecule has 1 aromatic carbocycles. The number of rotatable bonds is 5. The summed E-state index contributed by atoms with van der Waals surface area (Å²) in [7, 11) is 1.57. The number of benzene rings is 1. The minimum Gasteiger partial charge on any atom is -0.383 e. The highest BCUT2D eigenvalue weighted by atomic mass is 16.5. The van der Waals surface area contributed by atoms with E-state index < -0.39 is 0 Å². The fourth-order valence-corrected chi connectivity index (χ4v) is 2.03. The lowest BCUT2D eigenvalue weighted by Gasteiger charge is -2.28. The van der Waals surface area contributed by atoms with Gasteiger partial charge in [0.2, 0.25) is 5.84 Å². The van der Waals surface area contributed by atoms with Gasteiger partial charge in [-0.1, -0.05) is 17.7 Å². The molecule has 7 heteroatoms. The Morgan fingerprint density at radius 3 is 2.77 bits per heavy atom. The van der Waals surface area contributed by atoms with E-state index in [1.165, 1.54) is 5.01 Å². The Kier molecular flexibility index (Phi) is 5.11. The van der Waals surface area contributed by atoms with Crippen LogP contribution in [0.2, 0.25) is 0 Å². The fourth-order valence-electron chi connectivity index (χ4n) is 2.03. The summed E-state index contributed by atoms with van der Waals surface area (Å²) in [5, 5.41) is 4.09. The second-order valence-corrected chi connectivity index (χ2v) is 5.17. The van der Waals surface area contributed by atoms with Crippen LogP contribution in [0.3, 0.4) is 0 Å². The fraction of sp³-hybridized carbons (Fsp3) is 0.400. The maximum atomic E-state index is 12.1. The number of aryl methyl sites for hydroxylation is 1. The lowest BCUT2D eigenvalue weighted by atomic mass is 10.2. The highest BCUT2D eigenvalue weighted by molar-refractivity contribution is 6.39. The molecule has 1 aromatic rings. The van der Waals surface area contributed by atoms with Gasteiger partial charge in [0.05, 0.1) is 12.3 Å². The van der Waals surface area contributed by atoms with Gasteiger partial charge in [-0.2, -0.15) is 0 Å². The largest absolute Gasteiger partial charge is 0.383 e. The predicted molar refractivity (Wildman–Crippen MR) is 83.6 cm³/mol. The number of hydrazine groups is 1. The number of hydrogen-bond acceptors (Lipinski definition) is 5. The minimum absolute atomic E-state index is 0.0672. The van der Waals surface area contributed by atoms with E-state index in [0.717, 1.165) is 5.56 Å². The molecule has 1 atom stereocenters. The Morgan fingerprint density at radius 1 is 1.45 bits per heavy atom. The maximum Gasteiger partial charge on any atom is 0.288 e. The number of nitrogens with zero attached hydrogens (tertiary/aromatic N) is 2. The van der Waals surface area contributed by atoms with Crippen molar-refractivity contribution in [3.63, 3.8) is 0 Å². The molecular formula is C15H20N4O3. The van der Waals surface area contributed by atoms with E-state index >= 15 is 0 Å². The third-order valence-electron chi connectivity index (χ3n) is 3.14. The number of hydrogen-bond donors (Lipinski definition) is 2. The molecule has 2 rings (SSSR count). The first kappa shape index (κ1) is 16.0. The second kappa shape index (κ2) is 7.04. The van der Waals surface area contributed by atoms with Gasteiger partial charge >= 0.3 is 0 Å². The van der Waals surface area contributed by atoms with Gasteiger partial charge < -0.3 is 10.1 Å². The highest BCUT2D eigenvalue weighted by Crippen LogP contribution is 2.15. The average molecular weight is 304 g/mol. The third kappa shape index (κ3) is 3.82. The second-order valence-electron chi connectivity index (χ2n) is 5.17. The molecule has 0 aliphatic carbocycles. The predicted octanol–water partition coefficient (Wildman–Crippen LogP) is 0.396. The van der Waals surface area contributed by atoms with Crippen LogP contribution in [0.15, 0.2) is 29.3 Å². The molecule has 0 bridgehead atoms. The van der Waals surface area contributed by atoms with Gasteiger partial charge in [0, 0.05) is 13.2 Å². The molecule has 1 aliphatic heterocycles. The molecule has 2 amide bonds. The number of anilines is 1. The molecule has 0 radical (unpaired) electrons. The summed E-state index contributed by atoms with van der Waals surface area (Å²) in [6.07, 6.45) is 0. The molecule has 0 spiro atoms. The molecule has 1 aliphatic rings. The van der Waals surface area contributed by atoms with Crippen LogP contribution >= 0.6 is 0 Å². The number of methoxy groups -OCH3 is 1. The van der Waals surface area contributed by atoms with E-state index in [1.807, 2.05) is 38.1 Å². The summed E-state index contributed by atoms with van der Waals surface area (Å²) in [5.41, 5.74) is 4.53. The van der Waals surface area contributed by atoms with Crippen LogP contribution in [0.25, 0.3) is 0 Å². The standard InChI is InChI=1S/C15H20N4O3/c1-10-4-6-12(7-5-10)19-13(20)8-16-14(18-19)15(21)17-11(2)9-22-3/h4-7,11H,8-9H2,1-3H3,(H,16,18)(H,17,21)/t11-/m0/s1. The zero-order chi connectivity index (χ0) is 16.1. The molecule has 118 valence electrons. The van der Waals surface area contributed by atoms with Gasteiger partial charge in [0.15, 0.2) is 0 Å². The first-order valence-electron chi connectivity index (χ1n) is 7.02. The van der Waals surface area contributed by atoms with E-state index in [4.69, 9.17) is 4.74 Å². The Labute approximate surface area is 129 Å². The van der Waals surface area contributed by atoms with Gasteiger partial charge in [0.1, 0.15) is 6.54 Å². The number of carbonyl (C=O) groups excluding carboxylic acids is 2. The van der Waals surface area contributed by atoms with Crippen molar-refractivity contribution in [1.82, 2.24) is 10.7 Å². The quantitative estimate of drug-likeness (QED) is 0.824. The SMILES string of the molecule is COC[C@H](C)NC(=O)C1=NCC(=O)N(c2ccc(C)cc2)N1. The van der Waals surface area contributed by atoms with Gasteiger partial charge in [-0.05, 0) is 26.0 Å². The molecule has 0 saturated heterocycles. The van der Waals surface area contributed by atoms with Gasteiger partial charge in [-0.25, -0.2) is 5.01 Å². The lowest BCUT2D eigenvalue weighted by Crippen LogP contribution is -2.56. The smallest absolute Gasteiger partial charge is 0.288 e. The van der Waals surface area contributed by atoms with Crippen LogP contribution in [-0.2, 0) is 14.3 Å². The topological polar surface area (TPSA) is 83.0 Å². The van der Waals surface area contributed by atoms with E-state index in [2.05, 4.69) is 15.7 Å². The Bertz CT molecular complexity index is 583. The Morgan fingerprint density at radius 2 is 2.14 bits per heavy atom.